The summed E-state index contributed by atoms with van der Waals surface area (Å²) in [5.74, 6) is -1.46. The third-order valence-corrected chi connectivity index (χ3v) is 3.63. The van der Waals surface area contributed by atoms with Crippen LogP contribution in [0, 0.1) is 6.92 Å². The minimum absolute atomic E-state index is 0.112. The monoisotopic (exact) mass is 308 g/mol. The Morgan fingerprint density at radius 1 is 1.27 bits per heavy atom. The van der Waals surface area contributed by atoms with Gasteiger partial charge in [-0.1, -0.05) is 13.0 Å². The van der Waals surface area contributed by atoms with Crippen LogP contribution >= 0.6 is 0 Å². The molecule has 0 aliphatic carbocycles. The lowest BCUT2D eigenvalue weighted by Gasteiger charge is -2.28. The minimum Gasteiger partial charge on any atom is -0.507 e. The average Bonchev–Trinajstić information content (AvgIpc) is 2.40. The van der Waals surface area contributed by atoms with Crippen LogP contribution in [0.4, 0.5) is 0 Å². The first-order valence-corrected chi connectivity index (χ1v) is 7.10. The Labute approximate surface area is 130 Å². The quantitative estimate of drug-likeness (QED) is 0.336. The summed E-state index contributed by atoms with van der Waals surface area (Å²) < 4.78 is 5.25. The topological polar surface area (TPSA) is 87.0 Å². The maximum absolute atomic E-state index is 11.2. The highest BCUT2D eigenvalue weighted by molar-refractivity contribution is 5.67. The molecule has 0 fully saturated rings. The Hall–Kier alpha value is -2.17. The number of carbonyl (C=O) groups excluding carboxylic acids is 1. The summed E-state index contributed by atoms with van der Waals surface area (Å²) in [6, 6.07) is 0. The first kappa shape index (κ1) is 17.9. The molecule has 0 heterocycles. The van der Waals surface area contributed by atoms with E-state index < -0.39 is 11.6 Å². The number of rotatable bonds is 5. The maximum atomic E-state index is 11.2. The Balaban J connectivity index is 3.51. The van der Waals surface area contributed by atoms with Gasteiger partial charge in [-0.15, -0.1) is 6.58 Å². The van der Waals surface area contributed by atoms with E-state index in [1.54, 1.807) is 26.8 Å². The number of phenolic OH excluding ortho intramolecular Hbond substituents is 3. The van der Waals surface area contributed by atoms with Crippen molar-refractivity contribution < 1.29 is 24.9 Å². The zero-order chi connectivity index (χ0) is 17.2. The molecule has 0 aromatic heterocycles. The van der Waals surface area contributed by atoms with Gasteiger partial charge in [-0.05, 0) is 20.8 Å². The van der Waals surface area contributed by atoms with E-state index >= 15 is 0 Å². The van der Waals surface area contributed by atoms with Crippen molar-refractivity contribution in [3.05, 3.63) is 29.3 Å². The highest BCUT2D eigenvalue weighted by atomic mass is 16.6. The molecule has 1 atom stereocenters. The number of aromatic hydroxyl groups is 3. The lowest BCUT2D eigenvalue weighted by atomic mass is 9.86. The highest BCUT2D eigenvalue weighted by Crippen LogP contribution is 2.46. The predicted molar refractivity (Wildman–Crippen MR) is 84.3 cm³/mol. The van der Waals surface area contributed by atoms with Crippen molar-refractivity contribution in [3.63, 3.8) is 0 Å². The first-order chi connectivity index (χ1) is 10.0. The van der Waals surface area contributed by atoms with Crippen LogP contribution in [0.2, 0.25) is 0 Å². The van der Waals surface area contributed by atoms with Crippen molar-refractivity contribution in [1.82, 2.24) is 0 Å². The predicted octanol–water partition coefficient (Wildman–Crippen LogP) is 3.29. The fraction of sp³-hybridized carbons (Fsp3) is 0.471. The fourth-order valence-electron chi connectivity index (χ4n) is 2.55. The van der Waals surface area contributed by atoms with E-state index in [0.717, 1.165) is 0 Å². The van der Waals surface area contributed by atoms with Gasteiger partial charge in [-0.25, -0.2) is 0 Å². The summed E-state index contributed by atoms with van der Waals surface area (Å²) in [5, 5.41) is 30.6. The molecule has 0 radical (unpaired) electrons. The van der Waals surface area contributed by atoms with E-state index in [2.05, 4.69) is 6.58 Å². The third-order valence-electron chi connectivity index (χ3n) is 3.63. The second-order valence-corrected chi connectivity index (χ2v) is 6.12. The summed E-state index contributed by atoms with van der Waals surface area (Å²) in [5.41, 5.74) is 0.142. The van der Waals surface area contributed by atoms with Crippen LogP contribution in [0.5, 0.6) is 17.2 Å². The number of phenols is 3. The molecule has 0 saturated carbocycles. The van der Waals surface area contributed by atoms with Crippen molar-refractivity contribution in [2.24, 2.45) is 0 Å². The standard InChI is InChI=1S/C17H24O5/c1-7-9(2)13-12(8-17(5,6)22-11(4)18)14(19)10(3)15(20)16(13)21/h7,9,19-21H,1,8H2,2-6H3. The second-order valence-electron chi connectivity index (χ2n) is 6.12. The van der Waals surface area contributed by atoms with Crippen molar-refractivity contribution >= 4 is 5.97 Å². The van der Waals surface area contributed by atoms with Crippen LogP contribution in [0.15, 0.2) is 12.7 Å². The number of allylic oxidation sites excluding steroid dienone is 1. The highest BCUT2D eigenvalue weighted by Gasteiger charge is 2.30. The normalized spacial score (nSPS) is 12.8. The van der Waals surface area contributed by atoms with E-state index in [9.17, 15) is 20.1 Å². The smallest absolute Gasteiger partial charge is 0.303 e. The summed E-state index contributed by atoms with van der Waals surface area (Å²) in [6.07, 6.45) is 1.80. The Morgan fingerprint density at radius 3 is 2.27 bits per heavy atom. The van der Waals surface area contributed by atoms with Crippen molar-refractivity contribution in [2.75, 3.05) is 0 Å². The van der Waals surface area contributed by atoms with Crippen LogP contribution < -0.4 is 0 Å². The fourth-order valence-corrected chi connectivity index (χ4v) is 2.55. The van der Waals surface area contributed by atoms with Gasteiger partial charge in [0, 0.05) is 36.0 Å². The Bertz CT molecular complexity index is 602. The molecule has 122 valence electrons. The molecular weight excluding hydrogens is 284 g/mol. The van der Waals surface area contributed by atoms with E-state index in [-0.39, 0.29) is 35.2 Å². The number of carbonyl (C=O) groups is 1. The Morgan fingerprint density at radius 2 is 1.82 bits per heavy atom. The largest absolute Gasteiger partial charge is 0.507 e. The lowest BCUT2D eigenvalue weighted by molar-refractivity contribution is -0.153. The molecule has 1 rings (SSSR count). The molecule has 0 aliphatic rings. The SMILES string of the molecule is C=CC(C)c1c(O)c(O)c(C)c(O)c1CC(C)(C)OC(C)=O. The minimum atomic E-state index is -0.866. The van der Waals surface area contributed by atoms with Crippen LogP contribution in [-0.4, -0.2) is 26.9 Å². The van der Waals surface area contributed by atoms with Gasteiger partial charge in [-0.3, -0.25) is 4.79 Å². The van der Waals surface area contributed by atoms with Gasteiger partial charge in [0.1, 0.15) is 11.4 Å². The summed E-state index contributed by atoms with van der Waals surface area (Å²) in [4.78, 5) is 11.2. The molecule has 1 unspecified atom stereocenters. The molecule has 0 aliphatic heterocycles. The first-order valence-electron chi connectivity index (χ1n) is 7.10. The lowest BCUT2D eigenvalue weighted by Crippen LogP contribution is -2.30. The van der Waals surface area contributed by atoms with Gasteiger partial charge in [-0.2, -0.15) is 0 Å². The molecule has 1 aromatic carbocycles. The number of hydrogen-bond donors (Lipinski definition) is 3. The third kappa shape index (κ3) is 3.53. The molecule has 22 heavy (non-hydrogen) atoms. The van der Waals surface area contributed by atoms with E-state index in [1.165, 1.54) is 13.8 Å². The molecule has 0 bridgehead atoms. The molecule has 1 aromatic rings. The number of ether oxygens (including phenoxy) is 1. The summed E-state index contributed by atoms with van der Waals surface area (Å²) >= 11 is 0. The van der Waals surface area contributed by atoms with Gasteiger partial charge in [0.15, 0.2) is 11.5 Å². The Kier molecular flexibility index (Phi) is 5.12. The average molecular weight is 308 g/mol. The number of esters is 1. The zero-order valence-corrected chi connectivity index (χ0v) is 13.7. The van der Waals surface area contributed by atoms with Crippen molar-refractivity contribution in [1.29, 1.82) is 0 Å². The van der Waals surface area contributed by atoms with E-state index in [0.29, 0.717) is 11.1 Å². The van der Waals surface area contributed by atoms with Gasteiger partial charge in [0.05, 0.1) is 0 Å². The molecule has 0 amide bonds. The number of hydrogen-bond acceptors (Lipinski definition) is 5. The van der Waals surface area contributed by atoms with Gasteiger partial charge < -0.3 is 20.1 Å². The van der Waals surface area contributed by atoms with Crippen molar-refractivity contribution in [3.8, 4) is 17.2 Å². The molecule has 0 spiro atoms. The number of benzene rings is 1. The molecule has 5 heteroatoms. The second kappa shape index (κ2) is 6.30. The van der Waals surface area contributed by atoms with Crippen LogP contribution in [0.1, 0.15) is 50.3 Å². The maximum Gasteiger partial charge on any atom is 0.303 e. The zero-order valence-electron chi connectivity index (χ0n) is 13.7. The van der Waals surface area contributed by atoms with Crippen LogP contribution in [-0.2, 0) is 16.0 Å². The van der Waals surface area contributed by atoms with Gasteiger partial charge in [0.25, 0.3) is 0 Å². The molecule has 5 nitrogen and oxygen atoms in total. The molecule has 3 N–H and O–H groups in total. The summed E-state index contributed by atoms with van der Waals surface area (Å²) in [6.45, 7) is 11.7. The van der Waals surface area contributed by atoms with Gasteiger partial charge in [0.2, 0.25) is 0 Å². The molecular formula is C17H24O5. The summed E-state index contributed by atoms with van der Waals surface area (Å²) in [7, 11) is 0. The van der Waals surface area contributed by atoms with Gasteiger partial charge >= 0.3 is 5.97 Å². The van der Waals surface area contributed by atoms with Crippen molar-refractivity contribution in [2.45, 2.75) is 52.6 Å². The van der Waals surface area contributed by atoms with Crippen LogP contribution in [0.25, 0.3) is 0 Å². The molecule has 0 saturated heterocycles. The van der Waals surface area contributed by atoms with E-state index in [1.807, 2.05) is 0 Å². The van der Waals surface area contributed by atoms with Crippen LogP contribution in [0.3, 0.4) is 0 Å². The van der Waals surface area contributed by atoms with E-state index in [4.69, 9.17) is 4.74 Å².